The third-order valence-corrected chi connectivity index (χ3v) is 3.94. The Morgan fingerprint density at radius 1 is 1.44 bits per heavy atom. The maximum Gasteiger partial charge on any atom is 0.257 e. The maximum atomic E-state index is 11.9. The fourth-order valence-corrected chi connectivity index (χ4v) is 2.85. The van der Waals surface area contributed by atoms with E-state index in [0.717, 1.165) is 23.9 Å². The standard InChI is InChI=1S/C12H14N2O2S2/c1-16-10-4-2-9(3-5-10)11(15)13-12(17)14-6-7-18-8-14/h2-5H,6-8H2,1H3,(H,13,15,17). The number of hydrogen-bond donors (Lipinski definition) is 1. The lowest BCUT2D eigenvalue weighted by Gasteiger charge is -2.17. The second-order valence-electron chi connectivity index (χ2n) is 3.79. The smallest absolute Gasteiger partial charge is 0.257 e. The van der Waals surface area contributed by atoms with Crippen molar-refractivity contribution in [3.05, 3.63) is 29.8 Å². The molecule has 0 spiro atoms. The first-order valence-corrected chi connectivity index (χ1v) is 7.09. The van der Waals surface area contributed by atoms with Crippen LogP contribution in [0.15, 0.2) is 24.3 Å². The Morgan fingerprint density at radius 3 is 2.72 bits per heavy atom. The zero-order chi connectivity index (χ0) is 13.0. The van der Waals surface area contributed by atoms with E-state index in [1.807, 2.05) is 16.7 Å². The highest BCUT2D eigenvalue weighted by atomic mass is 32.2. The average Bonchev–Trinajstić information content (AvgIpc) is 2.92. The zero-order valence-corrected chi connectivity index (χ0v) is 11.6. The number of nitrogens with one attached hydrogen (secondary N) is 1. The third-order valence-electron chi connectivity index (χ3n) is 2.61. The summed E-state index contributed by atoms with van der Waals surface area (Å²) in [7, 11) is 1.59. The van der Waals surface area contributed by atoms with Crippen molar-refractivity contribution < 1.29 is 9.53 Å². The highest BCUT2D eigenvalue weighted by Gasteiger charge is 2.17. The normalized spacial score (nSPS) is 14.4. The van der Waals surface area contributed by atoms with Crippen molar-refractivity contribution in [2.45, 2.75) is 0 Å². The first-order valence-electron chi connectivity index (χ1n) is 5.53. The van der Waals surface area contributed by atoms with Gasteiger partial charge >= 0.3 is 0 Å². The van der Waals surface area contributed by atoms with Crippen molar-refractivity contribution in [2.75, 3.05) is 25.3 Å². The van der Waals surface area contributed by atoms with Crippen LogP contribution in [0.5, 0.6) is 5.75 Å². The molecule has 1 amide bonds. The molecule has 0 unspecified atom stereocenters. The fraction of sp³-hybridized carbons (Fsp3) is 0.333. The molecule has 4 nitrogen and oxygen atoms in total. The van der Waals surface area contributed by atoms with Crippen molar-refractivity contribution in [1.82, 2.24) is 10.2 Å². The van der Waals surface area contributed by atoms with Crippen LogP contribution in [0.2, 0.25) is 0 Å². The molecule has 6 heteroatoms. The molecule has 18 heavy (non-hydrogen) atoms. The summed E-state index contributed by atoms with van der Waals surface area (Å²) in [5, 5.41) is 3.24. The number of rotatable bonds is 2. The highest BCUT2D eigenvalue weighted by molar-refractivity contribution is 7.99. The molecule has 2 rings (SSSR count). The third kappa shape index (κ3) is 3.14. The number of carbonyl (C=O) groups is 1. The predicted molar refractivity (Wildman–Crippen MR) is 77.1 cm³/mol. The number of nitrogens with zero attached hydrogens (tertiary/aromatic N) is 1. The summed E-state index contributed by atoms with van der Waals surface area (Å²) in [6.45, 7) is 0.895. The molecule has 1 heterocycles. The van der Waals surface area contributed by atoms with Crippen LogP contribution in [0.1, 0.15) is 10.4 Å². The molecule has 1 fully saturated rings. The molecule has 1 aliphatic rings. The van der Waals surface area contributed by atoms with Crippen LogP contribution in [0, 0.1) is 0 Å². The van der Waals surface area contributed by atoms with E-state index in [-0.39, 0.29) is 5.91 Å². The quantitative estimate of drug-likeness (QED) is 0.837. The van der Waals surface area contributed by atoms with Gasteiger partial charge in [0.2, 0.25) is 0 Å². The Morgan fingerprint density at radius 2 is 2.17 bits per heavy atom. The number of benzene rings is 1. The van der Waals surface area contributed by atoms with Gasteiger partial charge in [0.15, 0.2) is 5.11 Å². The summed E-state index contributed by atoms with van der Waals surface area (Å²) in [4.78, 5) is 13.9. The van der Waals surface area contributed by atoms with E-state index in [1.54, 1.807) is 31.4 Å². The maximum absolute atomic E-state index is 11.9. The molecule has 1 saturated heterocycles. The van der Waals surface area contributed by atoms with Crippen LogP contribution in [0.25, 0.3) is 0 Å². The molecular formula is C12H14N2O2S2. The average molecular weight is 282 g/mol. The van der Waals surface area contributed by atoms with Gasteiger partial charge in [-0.05, 0) is 36.5 Å². The molecule has 0 atom stereocenters. The SMILES string of the molecule is COc1ccc(C(=O)NC(=S)N2CCSC2)cc1. The lowest BCUT2D eigenvalue weighted by atomic mass is 10.2. The lowest BCUT2D eigenvalue weighted by molar-refractivity contribution is 0.0974. The zero-order valence-electron chi connectivity index (χ0n) is 10.0. The first-order chi connectivity index (χ1) is 8.70. The number of amides is 1. The number of hydrogen-bond acceptors (Lipinski definition) is 4. The van der Waals surface area contributed by atoms with Gasteiger partial charge in [0, 0.05) is 17.9 Å². The van der Waals surface area contributed by atoms with Gasteiger partial charge in [0.05, 0.1) is 13.0 Å². The molecule has 0 bridgehead atoms. The minimum Gasteiger partial charge on any atom is -0.497 e. The Hall–Kier alpha value is -1.27. The molecule has 0 radical (unpaired) electrons. The topological polar surface area (TPSA) is 41.6 Å². The summed E-state index contributed by atoms with van der Waals surface area (Å²) in [6.07, 6.45) is 0. The Balaban J connectivity index is 1.95. The van der Waals surface area contributed by atoms with Gasteiger partial charge in [-0.15, -0.1) is 11.8 Å². The largest absolute Gasteiger partial charge is 0.497 e. The minimum absolute atomic E-state index is 0.181. The Kier molecular flexibility index (Phi) is 4.43. The molecule has 1 aliphatic heterocycles. The molecular weight excluding hydrogens is 268 g/mol. The molecule has 1 aromatic rings. The summed E-state index contributed by atoms with van der Waals surface area (Å²) < 4.78 is 5.04. The van der Waals surface area contributed by atoms with Crippen molar-refractivity contribution >= 4 is 35.0 Å². The fourth-order valence-electron chi connectivity index (χ4n) is 1.56. The molecule has 1 aromatic carbocycles. The number of thiocarbonyl (C=S) groups is 1. The number of ether oxygens (including phenoxy) is 1. The van der Waals surface area contributed by atoms with E-state index in [1.165, 1.54) is 0 Å². The van der Waals surface area contributed by atoms with Crippen LogP contribution in [0.3, 0.4) is 0 Å². The summed E-state index contributed by atoms with van der Waals surface area (Å²) >= 11 is 7.00. The van der Waals surface area contributed by atoms with Gasteiger partial charge in [0.25, 0.3) is 5.91 Å². The van der Waals surface area contributed by atoms with Crippen molar-refractivity contribution in [3.8, 4) is 5.75 Å². The minimum atomic E-state index is -0.181. The highest BCUT2D eigenvalue weighted by Crippen LogP contribution is 2.14. The van der Waals surface area contributed by atoms with E-state index in [0.29, 0.717) is 10.7 Å². The van der Waals surface area contributed by atoms with Crippen LogP contribution in [-0.2, 0) is 0 Å². The summed E-state index contributed by atoms with van der Waals surface area (Å²) in [6, 6.07) is 6.94. The van der Waals surface area contributed by atoms with Crippen molar-refractivity contribution in [3.63, 3.8) is 0 Å². The van der Waals surface area contributed by atoms with Gasteiger partial charge in [-0.3, -0.25) is 10.1 Å². The second kappa shape index (κ2) is 6.06. The molecule has 0 aliphatic carbocycles. The molecule has 0 aromatic heterocycles. The van der Waals surface area contributed by atoms with Crippen molar-refractivity contribution in [2.24, 2.45) is 0 Å². The number of thioether (sulfide) groups is 1. The van der Waals surface area contributed by atoms with Crippen LogP contribution in [0.4, 0.5) is 0 Å². The van der Waals surface area contributed by atoms with E-state index >= 15 is 0 Å². The monoisotopic (exact) mass is 282 g/mol. The molecule has 1 N–H and O–H groups in total. The Bertz CT molecular complexity index is 442. The van der Waals surface area contributed by atoms with Gasteiger partial charge < -0.3 is 9.64 Å². The molecule has 0 saturated carbocycles. The first kappa shape index (κ1) is 13.2. The number of methoxy groups -OCH3 is 1. The predicted octanol–water partition coefficient (Wildman–Crippen LogP) is 1.72. The van der Waals surface area contributed by atoms with E-state index in [4.69, 9.17) is 17.0 Å². The number of carbonyl (C=O) groups excluding carboxylic acids is 1. The van der Waals surface area contributed by atoms with Gasteiger partial charge in [-0.2, -0.15) is 0 Å². The second-order valence-corrected chi connectivity index (χ2v) is 5.25. The Labute approximate surface area is 116 Å². The van der Waals surface area contributed by atoms with Crippen LogP contribution in [-0.4, -0.2) is 41.2 Å². The van der Waals surface area contributed by atoms with E-state index in [9.17, 15) is 4.79 Å². The van der Waals surface area contributed by atoms with Crippen LogP contribution >= 0.6 is 24.0 Å². The van der Waals surface area contributed by atoms with Gasteiger partial charge in [0.1, 0.15) is 5.75 Å². The summed E-state index contributed by atoms with van der Waals surface area (Å²) in [5.74, 6) is 2.45. The molecule has 96 valence electrons. The van der Waals surface area contributed by atoms with Gasteiger partial charge in [-0.25, -0.2) is 0 Å². The van der Waals surface area contributed by atoms with Gasteiger partial charge in [-0.1, -0.05) is 0 Å². The van der Waals surface area contributed by atoms with Crippen LogP contribution < -0.4 is 10.1 Å². The lowest BCUT2D eigenvalue weighted by Crippen LogP contribution is -2.41. The van der Waals surface area contributed by atoms with E-state index < -0.39 is 0 Å². The van der Waals surface area contributed by atoms with E-state index in [2.05, 4.69) is 5.32 Å². The summed E-state index contributed by atoms with van der Waals surface area (Å²) in [5.41, 5.74) is 0.574. The van der Waals surface area contributed by atoms with Crippen molar-refractivity contribution in [1.29, 1.82) is 0 Å².